The molecule has 0 aromatic carbocycles. The number of carboxylic acids is 2. The molecule has 31 atom stereocenters. The summed E-state index contributed by atoms with van der Waals surface area (Å²) in [7, 11) is 0. The van der Waals surface area contributed by atoms with Crippen LogP contribution >= 0.6 is 0 Å². The third kappa shape index (κ3) is 13.3. The smallest absolute Gasteiger partial charge is 0.333 e. The fourth-order valence-corrected chi connectivity index (χ4v) is 9.18. The highest BCUT2D eigenvalue weighted by Gasteiger charge is 2.58. The predicted molar refractivity (Wildman–Crippen MR) is 222 cm³/mol. The molecule has 0 radical (unpaired) electrons. The maximum atomic E-state index is 11.2. The van der Waals surface area contributed by atoms with Crippen molar-refractivity contribution in [2.45, 2.75) is 197 Å². The Balaban J connectivity index is 0.000000928. The lowest BCUT2D eigenvalue weighted by Gasteiger charge is -2.50. The molecule has 22 aliphatic heterocycles. The van der Waals surface area contributed by atoms with Crippen molar-refractivity contribution < 1.29 is 174 Å². The molecule has 35 heteroatoms. The first-order chi connectivity index (χ1) is 35.5. The number of carboxylic acid groups (broad SMARTS) is 2. The molecular weight excluding hydrogens is 1040 g/mol. The van der Waals surface area contributed by atoms with Crippen LogP contribution in [0.25, 0.3) is 0 Å². The number of hydrogen-bond acceptors (Lipinski definition) is 33. The maximum Gasteiger partial charge on any atom is 0.333 e. The minimum atomic E-state index is -2.15. The Labute approximate surface area is 421 Å². The van der Waals surface area contributed by atoms with Crippen molar-refractivity contribution in [3.8, 4) is 0 Å². The Hall–Kier alpha value is -2.30. The molecule has 12 bridgehead atoms. The first-order valence-electron chi connectivity index (χ1n) is 23.3. The fraction of sp³-hybridized carbons (Fsp3) is 0.950. The van der Waals surface area contributed by atoms with E-state index in [1.54, 1.807) is 0 Å². The van der Waals surface area contributed by atoms with Gasteiger partial charge in [0.25, 0.3) is 0 Å². The second-order valence-corrected chi connectivity index (χ2v) is 18.3. The molecule has 75 heavy (non-hydrogen) atoms. The Morgan fingerprint density at radius 2 is 0.453 bits per heavy atom. The van der Waals surface area contributed by atoms with Crippen molar-refractivity contribution in [3.63, 3.8) is 0 Å². The van der Waals surface area contributed by atoms with Gasteiger partial charge in [-0.25, -0.2) is 4.79 Å². The molecule has 22 aliphatic rings. The first-order valence-corrected chi connectivity index (χ1v) is 23.3. The van der Waals surface area contributed by atoms with Gasteiger partial charge < -0.3 is 164 Å². The molecule has 22 fully saturated rings. The molecule has 0 spiro atoms. The standard InChI is InChI=1S/C36H60O30.C4H6O5/c37-1-7-25-13(43)19(49)31(55-7)62-26-8(2-38)57-33(21(51)15(26)45)64-28-10(4-40)59-35(23(53)17(28)47)66-30-12(6-42)60-36(24(54)18(30)48)65-29-11(5-41)58-34(22(52)16(29)46)63-27-9(3-39)56-32(61-25)20(50)14(27)44;5-2(4(8)9)1-3(6)7/h7-54H,1-6H2;2,5H,1H2,(H,6,7)(H,8,9)/t7-,8-,9-,10-,11-,12-,13-,14-,15-,16-,17-,18-,19-,20-,21-,22-,23-,24-,25-,26-,27-,28-,29-,30-,31-,32-,33-,34-,35-,36-;/m1./s1. The van der Waals surface area contributed by atoms with Gasteiger partial charge in [-0.15, -0.1) is 0 Å². The van der Waals surface area contributed by atoms with Crippen LogP contribution in [0.1, 0.15) is 6.42 Å². The van der Waals surface area contributed by atoms with E-state index in [1.807, 2.05) is 0 Å². The fourth-order valence-electron chi connectivity index (χ4n) is 9.18. The summed E-state index contributed by atoms with van der Waals surface area (Å²) in [5, 5.41) is 220. The number of aliphatic hydroxyl groups excluding tert-OH is 19. The number of rotatable bonds is 9. The van der Waals surface area contributed by atoms with Gasteiger partial charge in [0.2, 0.25) is 0 Å². The average Bonchev–Trinajstić information content (AvgIpc) is 3.38. The van der Waals surface area contributed by atoms with Crippen molar-refractivity contribution in [3.05, 3.63) is 0 Å². The topological polar surface area (TPSA) is 570 Å². The van der Waals surface area contributed by atoms with Crippen LogP contribution in [0.3, 0.4) is 0 Å². The van der Waals surface area contributed by atoms with Crippen LogP contribution in [-0.2, 0) is 66.4 Å². The molecule has 22 heterocycles. The average molecular weight is 1110 g/mol. The van der Waals surface area contributed by atoms with Crippen LogP contribution in [0, 0.1) is 0 Å². The van der Waals surface area contributed by atoms with Gasteiger partial charge >= 0.3 is 11.9 Å². The lowest BCUT2D eigenvalue weighted by molar-refractivity contribution is -0.404. The van der Waals surface area contributed by atoms with Crippen LogP contribution in [0.2, 0.25) is 0 Å². The van der Waals surface area contributed by atoms with E-state index in [4.69, 9.17) is 72.2 Å². The summed E-state index contributed by atoms with van der Waals surface area (Å²) in [6, 6.07) is 0. The van der Waals surface area contributed by atoms with Crippen LogP contribution in [0.4, 0.5) is 0 Å². The molecule has 35 nitrogen and oxygen atoms in total. The van der Waals surface area contributed by atoms with Crippen LogP contribution in [0.5, 0.6) is 0 Å². The van der Waals surface area contributed by atoms with Gasteiger partial charge in [0.1, 0.15) is 146 Å². The van der Waals surface area contributed by atoms with E-state index in [1.165, 1.54) is 0 Å². The second kappa shape index (κ2) is 26.8. The molecule has 0 saturated carbocycles. The second-order valence-electron chi connectivity index (χ2n) is 18.3. The molecule has 0 aliphatic carbocycles. The largest absolute Gasteiger partial charge is 0.481 e. The predicted octanol–water partition coefficient (Wildman–Crippen LogP) is -14.1. The van der Waals surface area contributed by atoms with Crippen molar-refractivity contribution in [1.82, 2.24) is 0 Å². The van der Waals surface area contributed by atoms with Gasteiger partial charge in [-0.2, -0.15) is 0 Å². The third-order valence-electron chi connectivity index (χ3n) is 13.3. The van der Waals surface area contributed by atoms with Crippen LogP contribution in [0.15, 0.2) is 0 Å². The van der Waals surface area contributed by atoms with Gasteiger partial charge in [-0.1, -0.05) is 0 Å². The quantitative estimate of drug-likeness (QED) is 0.102. The normalized spacial score (nSPS) is 50.2. The van der Waals surface area contributed by atoms with Crippen molar-refractivity contribution in [2.24, 2.45) is 0 Å². The van der Waals surface area contributed by atoms with E-state index >= 15 is 0 Å². The lowest BCUT2D eigenvalue weighted by Crippen LogP contribution is -2.69. The summed E-state index contributed by atoms with van der Waals surface area (Å²) in [6.45, 7) is -5.99. The number of aliphatic hydroxyl groups is 19. The van der Waals surface area contributed by atoms with E-state index in [-0.39, 0.29) is 0 Å². The minimum Gasteiger partial charge on any atom is -0.481 e. The van der Waals surface area contributed by atoms with Gasteiger partial charge in [0.15, 0.2) is 43.8 Å². The lowest BCUT2D eigenvalue weighted by atomic mass is 9.94. The third-order valence-corrected chi connectivity index (χ3v) is 13.3. The summed E-state index contributed by atoms with van der Waals surface area (Å²) in [4.78, 5) is 19.4. The highest BCUT2D eigenvalue weighted by atomic mass is 16.8. The monoisotopic (exact) mass is 1110 g/mol. The van der Waals surface area contributed by atoms with E-state index in [9.17, 15) is 102 Å². The summed E-state index contributed by atoms with van der Waals surface area (Å²) in [5.41, 5.74) is 0. The molecule has 436 valence electrons. The zero-order chi connectivity index (χ0) is 55.5. The summed E-state index contributed by atoms with van der Waals surface area (Å²) >= 11 is 0. The van der Waals surface area contributed by atoms with Crippen molar-refractivity contribution >= 4 is 11.9 Å². The van der Waals surface area contributed by atoms with E-state index in [0.29, 0.717) is 0 Å². The Morgan fingerprint density at radius 1 is 0.293 bits per heavy atom. The summed E-state index contributed by atoms with van der Waals surface area (Å²) in [5.74, 6) is -2.85. The Bertz CT molecular complexity index is 1500. The molecule has 21 N–H and O–H groups in total. The zero-order valence-electron chi connectivity index (χ0n) is 39.0. The first kappa shape index (κ1) is 61.9. The molecule has 0 aromatic rings. The summed E-state index contributed by atoms with van der Waals surface area (Å²) < 4.78 is 67.9. The van der Waals surface area contributed by atoms with Crippen molar-refractivity contribution in [2.75, 3.05) is 39.6 Å². The van der Waals surface area contributed by atoms with Gasteiger partial charge in [-0.3, -0.25) is 4.79 Å². The number of ether oxygens (including phenoxy) is 12. The molecular formula is C40H66O35. The number of aliphatic carboxylic acids is 2. The molecule has 22 saturated heterocycles. The van der Waals surface area contributed by atoms with Gasteiger partial charge in [-0.05, 0) is 0 Å². The number of hydrogen-bond donors (Lipinski definition) is 21. The molecule has 0 aromatic heterocycles. The SMILES string of the molecule is O=C(O)CC(O)C(=O)O.OC[C@H]1O[C@@H]2O[C@H]3[C@H](O)[C@@H](O)[C@@H](O[C@H]4[C@H](O)[C@@H](O)[C@@H](O[C@H]5[C@H](O)[C@@H](O)[C@@H](O[C@H]6[C@H](O)[C@@H](O)[C@@H](O[C@H]7[C@H](O)[C@@H](O)[C@@H](O[C@H]1[C@H](O)[C@H]2O)O[C@@H]7CO)O[C@@H]6CO)O[C@@H]5CO)O[C@@H]4CO)O[C@@H]3CO. The van der Waals surface area contributed by atoms with E-state index in [0.717, 1.165) is 0 Å². The summed E-state index contributed by atoms with van der Waals surface area (Å²) in [6.07, 6.45) is -61.0. The maximum absolute atomic E-state index is 11.2. The molecule has 22 rings (SSSR count). The number of carbonyl (C=O) groups is 2. The Kier molecular flexibility index (Phi) is 22.1. The highest BCUT2D eigenvalue weighted by molar-refractivity contribution is 5.79. The Morgan fingerprint density at radius 3 is 0.560 bits per heavy atom. The van der Waals surface area contributed by atoms with Crippen molar-refractivity contribution in [1.29, 1.82) is 0 Å². The minimum absolute atomic E-state index is 0.755. The van der Waals surface area contributed by atoms with Crippen LogP contribution in [-0.4, -0.2) is 349 Å². The molecule has 1 unspecified atom stereocenters. The zero-order valence-corrected chi connectivity index (χ0v) is 39.0. The van der Waals surface area contributed by atoms with Crippen LogP contribution < -0.4 is 0 Å². The van der Waals surface area contributed by atoms with Gasteiger partial charge in [0, 0.05) is 0 Å². The van der Waals surface area contributed by atoms with E-state index < -0.39 is 248 Å². The highest BCUT2D eigenvalue weighted by Crippen LogP contribution is 2.38. The molecule has 0 amide bonds. The van der Waals surface area contributed by atoms with E-state index in [2.05, 4.69) is 0 Å². The van der Waals surface area contributed by atoms with Gasteiger partial charge in [0.05, 0.1) is 46.1 Å².